The van der Waals surface area contributed by atoms with Gasteiger partial charge in [0, 0.05) is 13.2 Å². The summed E-state index contributed by atoms with van der Waals surface area (Å²) in [7, 11) is 0. The van der Waals surface area contributed by atoms with E-state index in [0.29, 0.717) is 23.9 Å². The van der Waals surface area contributed by atoms with Crippen LogP contribution in [-0.4, -0.2) is 29.4 Å². The molecule has 0 aliphatic heterocycles. The Kier molecular flexibility index (Phi) is 5.82. The van der Waals surface area contributed by atoms with E-state index in [4.69, 9.17) is 21.7 Å². The van der Waals surface area contributed by atoms with E-state index in [1.54, 1.807) is 0 Å². The van der Waals surface area contributed by atoms with Crippen LogP contribution < -0.4 is 4.74 Å². The monoisotopic (exact) mass is 308 g/mol. The highest BCUT2D eigenvalue weighted by atomic mass is 32.1. The number of H-pyrrole nitrogens is 1. The molecule has 0 saturated carbocycles. The van der Waals surface area contributed by atoms with E-state index in [-0.39, 0.29) is 0 Å². The molecule has 1 aromatic heterocycles. The third-order valence-corrected chi connectivity index (χ3v) is 3.47. The predicted octanol–water partition coefficient (Wildman–Crippen LogP) is 4.16. The molecule has 0 amide bonds. The number of fused-ring (bicyclic) bond motifs is 1. The molecule has 0 aliphatic rings. The first-order chi connectivity index (χ1) is 10.1. The van der Waals surface area contributed by atoms with Crippen LogP contribution in [0.1, 0.15) is 27.2 Å². The zero-order valence-electron chi connectivity index (χ0n) is 13.0. The van der Waals surface area contributed by atoms with E-state index in [1.807, 2.05) is 12.1 Å². The van der Waals surface area contributed by atoms with Crippen molar-refractivity contribution in [1.29, 1.82) is 0 Å². The Bertz CT molecular complexity index is 631. The summed E-state index contributed by atoms with van der Waals surface area (Å²) in [5.41, 5.74) is 2.04. The van der Waals surface area contributed by atoms with Gasteiger partial charge in [-0.25, -0.2) is 0 Å². The number of hydrogen-bond acceptors (Lipinski definition) is 3. The molecule has 0 atom stereocenters. The lowest BCUT2D eigenvalue weighted by Crippen LogP contribution is -2.09. The molecule has 0 radical (unpaired) electrons. The fourth-order valence-corrected chi connectivity index (χ4v) is 2.47. The fourth-order valence-electron chi connectivity index (χ4n) is 2.18. The molecule has 2 aromatic rings. The van der Waals surface area contributed by atoms with E-state index in [9.17, 15) is 0 Å². The third kappa shape index (κ3) is 4.08. The Morgan fingerprint density at radius 1 is 1.29 bits per heavy atom. The van der Waals surface area contributed by atoms with Crippen molar-refractivity contribution in [2.45, 2.75) is 33.7 Å². The molecule has 0 unspecified atom stereocenters. The maximum atomic E-state index is 5.77. The topological polar surface area (TPSA) is 39.2 Å². The Labute approximate surface area is 131 Å². The molecule has 2 rings (SSSR count). The van der Waals surface area contributed by atoms with Crippen molar-refractivity contribution in [2.24, 2.45) is 5.92 Å². The summed E-state index contributed by atoms with van der Waals surface area (Å²) in [5.74, 6) is 1.41. The van der Waals surface area contributed by atoms with Gasteiger partial charge in [0.1, 0.15) is 11.3 Å². The first kappa shape index (κ1) is 16.0. The molecule has 0 saturated heterocycles. The zero-order valence-corrected chi connectivity index (χ0v) is 13.8. The van der Waals surface area contributed by atoms with E-state index in [2.05, 4.69) is 36.4 Å². The molecule has 4 nitrogen and oxygen atoms in total. The van der Waals surface area contributed by atoms with Crippen molar-refractivity contribution in [2.75, 3.05) is 19.8 Å². The number of para-hydroxylation sites is 1. The number of hydrogen-bond donors (Lipinski definition) is 1. The van der Waals surface area contributed by atoms with Gasteiger partial charge >= 0.3 is 0 Å². The summed E-state index contributed by atoms with van der Waals surface area (Å²) in [6.45, 7) is 9.30. The summed E-state index contributed by atoms with van der Waals surface area (Å²) in [6.07, 6.45) is 0.987. The molecule has 5 heteroatoms. The maximum absolute atomic E-state index is 5.77. The lowest BCUT2D eigenvalue weighted by molar-refractivity contribution is 0.103. The molecule has 21 heavy (non-hydrogen) atoms. The molecular formula is C16H24N2O2S. The quantitative estimate of drug-likeness (QED) is 0.588. The van der Waals surface area contributed by atoms with E-state index < -0.39 is 0 Å². The largest absolute Gasteiger partial charge is 0.491 e. The zero-order chi connectivity index (χ0) is 15.2. The summed E-state index contributed by atoms with van der Waals surface area (Å²) in [5, 5.41) is 0. The number of nitrogens with one attached hydrogen (secondary N) is 1. The van der Waals surface area contributed by atoms with Crippen molar-refractivity contribution in [1.82, 2.24) is 9.55 Å². The van der Waals surface area contributed by atoms with Crippen LogP contribution in [0.25, 0.3) is 11.0 Å². The molecule has 0 fully saturated rings. The molecule has 1 aromatic carbocycles. The van der Waals surface area contributed by atoms with Crippen LogP contribution in [0.15, 0.2) is 18.2 Å². The van der Waals surface area contributed by atoms with E-state index in [0.717, 1.165) is 36.4 Å². The second kappa shape index (κ2) is 7.61. The van der Waals surface area contributed by atoms with Gasteiger partial charge in [-0.05, 0) is 36.7 Å². The summed E-state index contributed by atoms with van der Waals surface area (Å²) in [6, 6.07) is 6.03. The molecule has 0 spiro atoms. The number of imidazole rings is 1. The van der Waals surface area contributed by atoms with Gasteiger partial charge in [0.2, 0.25) is 0 Å². The van der Waals surface area contributed by atoms with E-state index >= 15 is 0 Å². The van der Waals surface area contributed by atoms with Crippen molar-refractivity contribution in [3.05, 3.63) is 23.0 Å². The van der Waals surface area contributed by atoms with Crippen molar-refractivity contribution in [3.63, 3.8) is 0 Å². The summed E-state index contributed by atoms with van der Waals surface area (Å²) < 4.78 is 14.2. The van der Waals surface area contributed by atoms with E-state index in [1.165, 1.54) is 0 Å². The first-order valence-electron chi connectivity index (χ1n) is 7.55. The van der Waals surface area contributed by atoms with Crippen LogP contribution in [-0.2, 0) is 11.3 Å². The van der Waals surface area contributed by atoms with Gasteiger partial charge in [0.25, 0.3) is 0 Å². The number of benzene rings is 1. The van der Waals surface area contributed by atoms with Gasteiger partial charge in [-0.15, -0.1) is 0 Å². The lowest BCUT2D eigenvalue weighted by atomic mass is 10.2. The summed E-state index contributed by atoms with van der Waals surface area (Å²) in [4.78, 5) is 3.25. The van der Waals surface area contributed by atoms with Crippen LogP contribution in [0.5, 0.6) is 5.75 Å². The molecule has 1 heterocycles. The number of ether oxygens (including phenoxy) is 2. The minimum atomic E-state index is 0.551. The Morgan fingerprint density at radius 3 is 2.81 bits per heavy atom. The first-order valence-corrected chi connectivity index (χ1v) is 7.96. The van der Waals surface area contributed by atoms with Gasteiger partial charge < -0.3 is 19.0 Å². The summed E-state index contributed by atoms with van der Waals surface area (Å²) >= 11 is 5.42. The highest BCUT2D eigenvalue weighted by Gasteiger charge is 2.09. The van der Waals surface area contributed by atoms with Gasteiger partial charge in [0.05, 0.1) is 18.7 Å². The van der Waals surface area contributed by atoms with Crippen LogP contribution in [0.2, 0.25) is 0 Å². The predicted molar refractivity (Wildman–Crippen MR) is 88.6 cm³/mol. The second-order valence-electron chi connectivity index (χ2n) is 5.55. The number of rotatable bonds is 8. The Balaban J connectivity index is 2.16. The maximum Gasteiger partial charge on any atom is 0.178 e. The average Bonchev–Trinajstić information content (AvgIpc) is 2.77. The van der Waals surface area contributed by atoms with Crippen LogP contribution >= 0.6 is 12.2 Å². The smallest absolute Gasteiger partial charge is 0.178 e. The van der Waals surface area contributed by atoms with Gasteiger partial charge in [0.15, 0.2) is 4.77 Å². The van der Waals surface area contributed by atoms with Crippen LogP contribution in [0, 0.1) is 10.7 Å². The third-order valence-electron chi connectivity index (χ3n) is 3.14. The van der Waals surface area contributed by atoms with Gasteiger partial charge in [-0.2, -0.15) is 0 Å². The second-order valence-corrected chi connectivity index (χ2v) is 5.94. The van der Waals surface area contributed by atoms with Crippen molar-refractivity contribution >= 4 is 23.3 Å². The van der Waals surface area contributed by atoms with Crippen molar-refractivity contribution in [3.8, 4) is 5.75 Å². The minimum absolute atomic E-state index is 0.551. The van der Waals surface area contributed by atoms with Gasteiger partial charge in [-0.3, -0.25) is 0 Å². The number of nitrogens with zero attached hydrogens (tertiary/aromatic N) is 1. The van der Waals surface area contributed by atoms with Crippen LogP contribution in [0.4, 0.5) is 0 Å². The number of aromatic nitrogens is 2. The molecule has 1 N–H and O–H groups in total. The highest BCUT2D eigenvalue weighted by molar-refractivity contribution is 7.71. The molecule has 0 bridgehead atoms. The van der Waals surface area contributed by atoms with Crippen LogP contribution in [0.3, 0.4) is 0 Å². The Morgan fingerprint density at radius 2 is 2.10 bits per heavy atom. The normalized spacial score (nSPS) is 11.4. The molecular weight excluding hydrogens is 284 g/mol. The van der Waals surface area contributed by atoms with Crippen molar-refractivity contribution < 1.29 is 9.47 Å². The minimum Gasteiger partial charge on any atom is -0.491 e. The highest BCUT2D eigenvalue weighted by Crippen LogP contribution is 2.25. The molecule has 0 aliphatic carbocycles. The molecule has 116 valence electrons. The average molecular weight is 308 g/mol. The SMILES string of the molecule is CCCOc1cccc2c1[nH]c(=S)n2CCOCC(C)C. The standard InChI is InChI=1S/C16H24N2O2S/c1-4-9-20-14-7-5-6-13-15(14)17-16(21)18(13)8-10-19-11-12(2)3/h5-7,12H,4,8-11H2,1-3H3,(H,17,21). The lowest BCUT2D eigenvalue weighted by Gasteiger charge is -2.09. The number of aromatic amines is 1. The Hall–Kier alpha value is -1.33. The van der Waals surface area contributed by atoms with Gasteiger partial charge in [-0.1, -0.05) is 26.8 Å². The fraction of sp³-hybridized carbons (Fsp3) is 0.562.